The third-order valence-corrected chi connectivity index (χ3v) is 3.11. The summed E-state index contributed by atoms with van der Waals surface area (Å²) in [5.41, 5.74) is 3.77. The molecular weight excluding hydrogens is 294 g/mol. The molecule has 0 heterocycles. The van der Waals surface area contributed by atoms with Crippen LogP contribution in [0.3, 0.4) is 0 Å². The van der Waals surface area contributed by atoms with E-state index in [1.807, 2.05) is 6.07 Å². The quantitative estimate of drug-likeness (QED) is 0.293. The molecular formula is C17H15N3O3. The number of nitrogens with one attached hydrogen (secondary N) is 2. The van der Waals surface area contributed by atoms with E-state index < -0.39 is 12.1 Å². The lowest BCUT2D eigenvalue weighted by atomic mass is 10.1. The van der Waals surface area contributed by atoms with Crippen molar-refractivity contribution in [3.63, 3.8) is 0 Å². The summed E-state index contributed by atoms with van der Waals surface area (Å²) in [6, 6.07) is 15.7. The molecule has 116 valence electrons. The van der Waals surface area contributed by atoms with Crippen LogP contribution < -0.4 is 10.8 Å². The van der Waals surface area contributed by atoms with Gasteiger partial charge in [0.15, 0.2) is 6.23 Å². The van der Waals surface area contributed by atoms with Crippen molar-refractivity contribution in [2.45, 2.75) is 6.23 Å². The molecule has 0 fully saturated rings. The summed E-state index contributed by atoms with van der Waals surface area (Å²) in [5.74, 6) is -0.651. The molecule has 0 aliphatic heterocycles. The first-order chi connectivity index (χ1) is 11.1. The number of carbonyl (C=O) groups is 1. The van der Waals surface area contributed by atoms with E-state index >= 15 is 0 Å². The van der Waals surface area contributed by atoms with Crippen molar-refractivity contribution < 1.29 is 15.1 Å². The lowest BCUT2D eigenvalue weighted by Gasteiger charge is -2.16. The van der Waals surface area contributed by atoms with Crippen molar-refractivity contribution in [2.75, 3.05) is 5.32 Å². The van der Waals surface area contributed by atoms with E-state index in [9.17, 15) is 9.90 Å². The van der Waals surface area contributed by atoms with Crippen LogP contribution in [-0.4, -0.2) is 16.2 Å². The minimum absolute atomic E-state index is 0.455. The van der Waals surface area contributed by atoms with Crippen LogP contribution in [-0.2, 0) is 4.79 Å². The normalized spacial score (nSPS) is 11.7. The van der Waals surface area contributed by atoms with Gasteiger partial charge in [0.1, 0.15) is 0 Å². The van der Waals surface area contributed by atoms with E-state index in [1.54, 1.807) is 48.5 Å². The van der Waals surface area contributed by atoms with E-state index in [0.717, 1.165) is 0 Å². The number of nitrogens with zero attached hydrogens (tertiary/aromatic N) is 1. The van der Waals surface area contributed by atoms with Gasteiger partial charge in [-0.15, -0.1) is 0 Å². The number of hydrogen-bond donors (Lipinski definition) is 4. The molecule has 0 aliphatic carbocycles. The maximum atomic E-state index is 11.1. The van der Waals surface area contributed by atoms with Crippen molar-refractivity contribution >= 4 is 17.7 Å². The molecule has 23 heavy (non-hydrogen) atoms. The van der Waals surface area contributed by atoms with Crippen molar-refractivity contribution in [3.8, 4) is 6.07 Å². The predicted octanol–water partition coefficient (Wildman–Crippen LogP) is 2.18. The molecule has 0 spiro atoms. The number of carbonyl (C=O) groups excluding carboxylic acids is 1. The molecule has 4 N–H and O–H groups in total. The zero-order valence-corrected chi connectivity index (χ0v) is 12.1. The van der Waals surface area contributed by atoms with Gasteiger partial charge in [-0.1, -0.05) is 30.3 Å². The summed E-state index contributed by atoms with van der Waals surface area (Å²) in [6.07, 6.45) is 1.67. The largest absolute Gasteiger partial charge is 0.369 e. The summed E-state index contributed by atoms with van der Waals surface area (Å²) in [7, 11) is 0. The van der Waals surface area contributed by atoms with Crippen LogP contribution in [0.5, 0.6) is 0 Å². The summed E-state index contributed by atoms with van der Waals surface area (Å²) in [4.78, 5) is 11.1. The Morgan fingerprint density at radius 1 is 1.22 bits per heavy atom. The van der Waals surface area contributed by atoms with E-state index in [1.165, 1.54) is 17.6 Å². The average Bonchev–Trinajstić information content (AvgIpc) is 2.60. The predicted molar refractivity (Wildman–Crippen MR) is 85.1 cm³/mol. The van der Waals surface area contributed by atoms with Crippen molar-refractivity contribution in [1.82, 2.24) is 5.48 Å². The number of nitriles is 1. The third-order valence-electron chi connectivity index (χ3n) is 3.11. The van der Waals surface area contributed by atoms with Crippen LogP contribution >= 0.6 is 0 Å². The Balaban J connectivity index is 2.21. The van der Waals surface area contributed by atoms with E-state index in [0.29, 0.717) is 22.4 Å². The summed E-state index contributed by atoms with van der Waals surface area (Å²) in [5, 5.41) is 30.6. The van der Waals surface area contributed by atoms with Gasteiger partial charge in [0.25, 0.3) is 5.91 Å². The standard InChI is InChI=1S/C17H15N3O3/c18-11-12-4-3-6-14(10-12)17(22)19-15-7-2-1-5-13(15)8-9-16(21)20-23/h1-10,17,19,22-23H,(H,20,21)/b9-8+. The number of aliphatic hydroxyl groups is 1. The zero-order valence-electron chi connectivity index (χ0n) is 12.1. The first-order valence-electron chi connectivity index (χ1n) is 6.80. The number of hydroxylamine groups is 1. The molecule has 0 saturated carbocycles. The molecule has 2 rings (SSSR count). The Bertz CT molecular complexity index is 766. The summed E-state index contributed by atoms with van der Waals surface area (Å²) in [6.45, 7) is 0. The molecule has 0 bridgehead atoms. The van der Waals surface area contributed by atoms with Crippen LogP contribution in [0.15, 0.2) is 54.6 Å². The minimum Gasteiger partial charge on any atom is -0.369 e. The van der Waals surface area contributed by atoms with Gasteiger partial charge in [0.2, 0.25) is 0 Å². The number of anilines is 1. The van der Waals surface area contributed by atoms with E-state index in [4.69, 9.17) is 10.5 Å². The van der Waals surface area contributed by atoms with E-state index in [2.05, 4.69) is 5.32 Å². The Kier molecular flexibility index (Phi) is 5.47. The van der Waals surface area contributed by atoms with Gasteiger partial charge in [0.05, 0.1) is 11.6 Å². The van der Waals surface area contributed by atoms with Crippen molar-refractivity contribution in [2.24, 2.45) is 0 Å². The Morgan fingerprint density at radius 2 is 2.00 bits per heavy atom. The second kappa shape index (κ2) is 7.75. The van der Waals surface area contributed by atoms with Gasteiger partial charge in [0, 0.05) is 17.3 Å². The fourth-order valence-electron chi connectivity index (χ4n) is 1.99. The highest BCUT2D eigenvalue weighted by Gasteiger charge is 2.09. The van der Waals surface area contributed by atoms with Crippen LogP contribution in [0, 0.1) is 11.3 Å². The topological polar surface area (TPSA) is 105 Å². The highest BCUT2D eigenvalue weighted by molar-refractivity contribution is 5.91. The highest BCUT2D eigenvalue weighted by atomic mass is 16.5. The molecule has 0 saturated heterocycles. The van der Waals surface area contributed by atoms with Crippen molar-refractivity contribution in [3.05, 3.63) is 71.3 Å². The summed E-state index contributed by atoms with van der Waals surface area (Å²) < 4.78 is 0. The molecule has 2 aromatic carbocycles. The fraction of sp³-hybridized carbons (Fsp3) is 0.0588. The van der Waals surface area contributed by atoms with Crippen LogP contribution in [0.25, 0.3) is 6.08 Å². The third kappa shape index (κ3) is 4.41. The number of aliphatic hydroxyl groups excluding tert-OH is 1. The van der Waals surface area contributed by atoms with Gasteiger partial charge in [-0.2, -0.15) is 5.26 Å². The van der Waals surface area contributed by atoms with Gasteiger partial charge in [-0.25, -0.2) is 5.48 Å². The molecule has 6 nitrogen and oxygen atoms in total. The number of hydrogen-bond acceptors (Lipinski definition) is 5. The van der Waals surface area contributed by atoms with Crippen LogP contribution in [0.4, 0.5) is 5.69 Å². The second-order valence-corrected chi connectivity index (χ2v) is 4.68. The van der Waals surface area contributed by atoms with Gasteiger partial charge >= 0.3 is 0 Å². The van der Waals surface area contributed by atoms with Crippen LogP contribution in [0.1, 0.15) is 22.9 Å². The van der Waals surface area contributed by atoms with Gasteiger partial charge < -0.3 is 10.4 Å². The molecule has 0 aromatic heterocycles. The Hall–Kier alpha value is -3.14. The lowest BCUT2D eigenvalue weighted by molar-refractivity contribution is -0.124. The SMILES string of the molecule is N#Cc1cccc(C(O)Nc2ccccc2/C=C/C(=O)NO)c1. The smallest absolute Gasteiger partial charge is 0.267 e. The number of benzene rings is 2. The lowest BCUT2D eigenvalue weighted by Crippen LogP contribution is -2.15. The molecule has 1 unspecified atom stereocenters. The highest BCUT2D eigenvalue weighted by Crippen LogP contribution is 2.22. The van der Waals surface area contributed by atoms with Crippen molar-refractivity contribution in [1.29, 1.82) is 5.26 Å². The fourth-order valence-corrected chi connectivity index (χ4v) is 1.99. The van der Waals surface area contributed by atoms with E-state index in [-0.39, 0.29) is 0 Å². The minimum atomic E-state index is -1.01. The molecule has 6 heteroatoms. The Labute approximate surface area is 133 Å². The Morgan fingerprint density at radius 3 is 2.74 bits per heavy atom. The first kappa shape index (κ1) is 16.2. The maximum Gasteiger partial charge on any atom is 0.267 e. The second-order valence-electron chi connectivity index (χ2n) is 4.68. The van der Waals surface area contributed by atoms with Gasteiger partial charge in [-0.05, 0) is 29.8 Å². The number of para-hydroxylation sites is 1. The van der Waals surface area contributed by atoms with Crippen LogP contribution in [0.2, 0.25) is 0 Å². The molecule has 0 radical (unpaired) electrons. The molecule has 1 atom stereocenters. The first-order valence-corrected chi connectivity index (χ1v) is 6.80. The zero-order chi connectivity index (χ0) is 16.7. The number of amides is 1. The monoisotopic (exact) mass is 309 g/mol. The average molecular weight is 309 g/mol. The van der Waals surface area contributed by atoms with Gasteiger partial charge in [-0.3, -0.25) is 10.0 Å². The number of rotatable bonds is 5. The molecule has 1 amide bonds. The molecule has 0 aliphatic rings. The maximum absolute atomic E-state index is 11.1. The molecule has 2 aromatic rings. The summed E-state index contributed by atoms with van der Waals surface area (Å²) >= 11 is 0.